The number of hydrazine groups is 1. The van der Waals surface area contributed by atoms with E-state index in [1.165, 1.54) is 0 Å². The van der Waals surface area contributed by atoms with Crippen LogP contribution in [0.2, 0.25) is 0 Å². The molecule has 0 saturated carbocycles. The van der Waals surface area contributed by atoms with Crippen LogP contribution < -0.4 is 21.3 Å². The number of hydrogen-bond acceptors (Lipinski definition) is 5. The van der Waals surface area contributed by atoms with Crippen LogP contribution in [0.4, 0.5) is 5.69 Å². The molecule has 9 nitrogen and oxygen atoms in total. The highest BCUT2D eigenvalue weighted by molar-refractivity contribution is 6.05. The molecule has 1 fully saturated rings. The normalized spacial score (nSPS) is 15.8. The van der Waals surface area contributed by atoms with Crippen LogP contribution in [0, 0.1) is 5.92 Å². The van der Waals surface area contributed by atoms with Crippen LogP contribution in [0.5, 0.6) is 0 Å². The van der Waals surface area contributed by atoms with Crippen molar-refractivity contribution in [3.8, 4) is 0 Å². The summed E-state index contributed by atoms with van der Waals surface area (Å²) in [4.78, 5) is 51.0. The minimum atomic E-state index is -0.669. The number of carbonyl (C=O) groups is 3. The first-order valence-electron chi connectivity index (χ1n) is 9.95. The lowest BCUT2D eigenvalue weighted by Gasteiger charge is -2.17. The zero-order valence-electron chi connectivity index (χ0n) is 16.8. The fourth-order valence-electron chi connectivity index (χ4n) is 3.64. The average molecular weight is 419 g/mol. The Kier molecular flexibility index (Phi) is 5.48. The predicted octanol–water partition coefficient (Wildman–Crippen LogP) is 1.30. The molecule has 0 bridgehead atoms. The summed E-state index contributed by atoms with van der Waals surface area (Å²) in [6.45, 7) is 2.26. The van der Waals surface area contributed by atoms with Gasteiger partial charge in [0.25, 0.3) is 11.5 Å². The number of rotatable bonds is 4. The number of carbonyl (C=O) groups excluding carboxylic acids is 3. The van der Waals surface area contributed by atoms with Crippen LogP contribution in [-0.2, 0) is 16.0 Å². The highest BCUT2D eigenvalue weighted by Crippen LogP contribution is 2.26. The Labute approximate surface area is 177 Å². The third-order valence-electron chi connectivity index (χ3n) is 5.34. The number of aromatic amines is 1. The van der Waals surface area contributed by atoms with Gasteiger partial charge in [-0.3, -0.25) is 30.0 Å². The second-order valence-corrected chi connectivity index (χ2v) is 7.32. The third kappa shape index (κ3) is 4.02. The molecule has 1 aliphatic heterocycles. The first kappa shape index (κ1) is 20.3. The summed E-state index contributed by atoms with van der Waals surface area (Å²) in [5.74, 6) is -1.88. The first-order valence-corrected chi connectivity index (χ1v) is 9.95. The second-order valence-electron chi connectivity index (χ2n) is 7.32. The van der Waals surface area contributed by atoms with Crippen LogP contribution in [0.1, 0.15) is 29.4 Å². The van der Waals surface area contributed by atoms with Gasteiger partial charge in [-0.2, -0.15) is 5.10 Å². The zero-order valence-corrected chi connectivity index (χ0v) is 16.8. The summed E-state index contributed by atoms with van der Waals surface area (Å²) in [5, 5.41) is 6.76. The number of H-pyrrole nitrogens is 1. The van der Waals surface area contributed by atoms with E-state index in [1.807, 2.05) is 31.2 Å². The van der Waals surface area contributed by atoms with E-state index in [-0.39, 0.29) is 24.6 Å². The maximum Gasteiger partial charge on any atom is 0.290 e. The third-order valence-corrected chi connectivity index (χ3v) is 5.34. The van der Waals surface area contributed by atoms with Gasteiger partial charge in [0, 0.05) is 24.0 Å². The van der Waals surface area contributed by atoms with Gasteiger partial charge in [-0.25, -0.2) is 5.10 Å². The average Bonchev–Trinajstić information content (AvgIpc) is 3.19. The fourth-order valence-corrected chi connectivity index (χ4v) is 3.64. The molecule has 31 heavy (non-hydrogen) atoms. The Morgan fingerprint density at radius 3 is 2.65 bits per heavy atom. The number of aromatic nitrogens is 2. The van der Waals surface area contributed by atoms with Crippen molar-refractivity contribution in [1.82, 2.24) is 21.0 Å². The molecule has 2 aromatic carbocycles. The topological polar surface area (TPSA) is 124 Å². The Bertz CT molecular complexity index is 1240. The monoisotopic (exact) mass is 419 g/mol. The van der Waals surface area contributed by atoms with Crippen molar-refractivity contribution >= 4 is 34.2 Å². The lowest BCUT2D eigenvalue weighted by Crippen LogP contribution is -2.45. The minimum Gasteiger partial charge on any atom is -0.312 e. The summed E-state index contributed by atoms with van der Waals surface area (Å²) in [7, 11) is 0. The van der Waals surface area contributed by atoms with Crippen molar-refractivity contribution in [3.63, 3.8) is 0 Å². The van der Waals surface area contributed by atoms with E-state index < -0.39 is 23.3 Å². The summed E-state index contributed by atoms with van der Waals surface area (Å²) in [6, 6.07) is 14.2. The first-order chi connectivity index (χ1) is 15.0. The lowest BCUT2D eigenvalue weighted by molar-refractivity contribution is -0.126. The predicted molar refractivity (Wildman–Crippen MR) is 114 cm³/mol. The fraction of sp³-hybridized carbons (Fsp3) is 0.227. The smallest absolute Gasteiger partial charge is 0.290 e. The van der Waals surface area contributed by atoms with Gasteiger partial charge in [0.1, 0.15) is 0 Å². The van der Waals surface area contributed by atoms with Gasteiger partial charge < -0.3 is 4.90 Å². The van der Waals surface area contributed by atoms with Crippen LogP contribution in [-0.4, -0.2) is 34.5 Å². The highest BCUT2D eigenvalue weighted by Gasteiger charge is 2.35. The standard InChI is InChI=1S/C22H21N5O4/c1-2-13-6-5-7-15(10-13)27-12-14(11-18(27)28)20(29)24-26-22(31)19-16-8-3-4-9-17(16)21(30)25-23-19/h3-10,14H,2,11-12H2,1H3,(H,24,29)(H,25,30)(H,26,31)/t14-/m1/s1. The van der Waals surface area contributed by atoms with Gasteiger partial charge >= 0.3 is 0 Å². The summed E-state index contributed by atoms with van der Waals surface area (Å²) in [5.41, 5.74) is 6.12. The van der Waals surface area contributed by atoms with E-state index in [0.29, 0.717) is 10.8 Å². The van der Waals surface area contributed by atoms with Crippen molar-refractivity contribution in [2.24, 2.45) is 5.92 Å². The number of anilines is 1. The van der Waals surface area contributed by atoms with E-state index in [4.69, 9.17) is 0 Å². The molecule has 1 aromatic heterocycles. The van der Waals surface area contributed by atoms with Gasteiger partial charge in [0.05, 0.1) is 11.3 Å². The largest absolute Gasteiger partial charge is 0.312 e. The SMILES string of the molecule is CCc1cccc(N2C[C@H](C(=O)NNC(=O)c3n[nH]c(=O)c4ccccc34)CC2=O)c1. The lowest BCUT2D eigenvalue weighted by atomic mass is 10.1. The van der Waals surface area contributed by atoms with E-state index >= 15 is 0 Å². The Morgan fingerprint density at radius 1 is 1.10 bits per heavy atom. The molecule has 0 spiro atoms. The quantitative estimate of drug-likeness (QED) is 0.550. The Balaban J connectivity index is 1.43. The number of hydrogen-bond donors (Lipinski definition) is 3. The Morgan fingerprint density at radius 2 is 1.87 bits per heavy atom. The molecule has 9 heteroatoms. The molecule has 4 rings (SSSR count). The van der Waals surface area contributed by atoms with Crippen LogP contribution in [0.25, 0.3) is 10.8 Å². The Hall–Kier alpha value is -4.01. The van der Waals surface area contributed by atoms with Crippen LogP contribution >= 0.6 is 0 Å². The maximum absolute atomic E-state index is 12.6. The molecule has 0 aliphatic carbocycles. The van der Waals surface area contributed by atoms with E-state index in [2.05, 4.69) is 21.0 Å². The molecular formula is C22H21N5O4. The van der Waals surface area contributed by atoms with Crippen LogP contribution in [0.3, 0.4) is 0 Å². The van der Waals surface area contributed by atoms with Crippen molar-refractivity contribution in [1.29, 1.82) is 0 Å². The van der Waals surface area contributed by atoms with Gasteiger partial charge in [-0.05, 0) is 30.2 Å². The van der Waals surface area contributed by atoms with Gasteiger partial charge in [-0.1, -0.05) is 37.3 Å². The van der Waals surface area contributed by atoms with Crippen molar-refractivity contribution < 1.29 is 14.4 Å². The molecule has 3 N–H and O–H groups in total. The highest BCUT2D eigenvalue weighted by atomic mass is 16.2. The molecular weight excluding hydrogens is 398 g/mol. The van der Waals surface area contributed by atoms with E-state index in [9.17, 15) is 19.2 Å². The summed E-state index contributed by atoms with van der Waals surface area (Å²) < 4.78 is 0. The number of aryl methyl sites for hydroxylation is 1. The maximum atomic E-state index is 12.6. The molecule has 1 aliphatic rings. The van der Waals surface area contributed by atoms with Crippen LogP contribution in [0.15, 0.2) is 53.3 Å². The number of benzene rings is 2. The van der Waals surface area contributed by atoms with Gasteiger partial charge in [0.2, 0.25) is 11.8 Å². The summed E-state index contributed by atoms with van der Waals surface area (Å²) >= 11 is 0. The van der Waals surface area contributed by atoms with Gasteiger partial charge in [0.15, 0.2) is 5.69 Å². The second kappa shape index (κ2) is 8.39. The van der Waals surface area contributed by atoms with Gasteiger partial charge in [-0.15, -0.1) is 0 Å². The number of fused-ring (bicyclic) bond motifs is 1. The van der Waals surface area contributed by atoms with Crippen molar-refractivity contribution in [2.45, 2.75) is 19.8 Å². The molecule has 2 heterocycles. The van der Waals surface area contributed by atoms with E-state index in [0.717, 1.165) is 17.7 Å². The number of nitrogens with zero attached hydrogens (tertiary/aromatic N) is 2. The number of amides is 3. The summed E-state index contributed by atoms with van der Waals surface area (Å²) in [6.07, 6.45) is 0.900. The molecule has 3 aromatic rings. The molecule has 158 valence electrons. The van der Waals surface area contributed by atoms with Crippen molar-refractivity contribution in [3.05, 3.63) is 70.1 Å². The molecule has 1 atom stereocenters. The molecule has 3 amide bonds. The van der Waals surface area contributed by atoms with Crippen molar-refractivity contribution in [2.75, 3.05) is 11.4 Å². The minimum absolute atomic E-state index is 0.0176. The number of nitrogens with one attached hydrogen (secondary N) is 3. The molecule has 0 unspecified atom stereocenters. The molecule has 1 saturated heterocycles. The zero-order chi connectivity index (χ0) is 22.0. The van der Waals surface area contributed by atoms with E-state index in [1.54, 1.807) is 29.2 Å². The molecule has 0 radical (unpaired) electrons.